The van der Waals surface area contributed by atoms with E-state index in [0.29, 0.717) is 27.9 Å². The quantitative estimate of drug-likeness (QED) is 0.354. The third-order valence-corrected chi connectivity index (χ3v) is 6.81. The van der Waals surface area contributed by atoms with Gasteiger partial charge in [0.1, 0.15) is 0 Å². The first-order chi connectivity index (χ1) is 13.5. The predicted octanol–water partition coefficient (Wildman–Crippen LogP) is 3.74. The van der Waals surface area contributed by atoms with Gasteiger partial charge in [0.25, 0.3) is 0 Å². The number of aromatic nitrogens is 3. The van der Waals surface area contributed by atoms with E-state index in [0.717, 1.165) is 8.66 Å². The van der Waals surface area contributed by atoms with Crippen molar-refractivity contribution in [1.29, 1.82) is 0 Å². The number of nitrogens with one attached hydrogen (secondary N) is 1. The first-order valence-electron chi connectivity index (χ1n) is 8.45. The summed E-state index contributed by atoms with van der Waals surface area (Å²) in [5, 5.41) is 5.17. The molecule has 6 nitrogen and oxygen atoms in total. The third-order valence-electron chi connectivity index (χ3n) is 4.28. The highest BCUT2D eigenvalue weighted by atomic mass is 79.9. The van der Waals surface area contributed by atoms with E-state index in [1.807, 2.05) is 36.4 Å². The number of thiophene rings is 1. The number of amides is 1. The maximum absolute atomic E-state index is 13.0. The molecule has 0 saturated heterocycles. The molecule has 3 aromatic rings. The Hall–Kier alpha value is -2.23. The van der Waals surface area contributed by atoms with Crippen LogP contribution in [0.5, 0.6) is 0 Å². The summed E-state index contributed by atoms with van der Waals surface area (Å²) in [6, 6.07) is 11.3. The van der Waals surface area contributed by atoms with Crippen molar-refractivity contribution in [3.8, 4) is 11.3 Å². The second-order valence-electron chi connectivity index (χ2n) is 6.07. The molecule has 0 fully saturated rings. The number of nitrogens with zero attached hydrogens (tertiary/aromatic N) is 3. The van der Waals surface area contributed by atoms with Crippen LogP contribution < -0.4 is 15.1 Å². The first-order valence-corrected chi connectivity index (χ1v) is 11.0. The largest absolute Gasteiger partial charge is 0.325 e. The Labute approximate surface area is 178 Å². The van der Waals surface area contributed by atoms with Gasteiger partial charge < -0.3 is 0 Å². The maximum Gasteiger partial charge on any atom is 0.325 e. The zero-order valence-corrected chi connectivity index (χ0v) is 18.1. The molecule has 1 atom stereocenters. The number of fused-ring (bicyclic) bond motifs is 3. The van der Waals surface area contributed by atoms with Gasteiger partial charge in [-0.3, -0.25) is 14.6 Å². The van der Waals surface area contributed by atoms with Crippen molar-refractivity contribution < 1.29 is 9.48 Å². The molecule has 1 aliphatic rings. The number of halogens is 1. The summed E-state index contributed by atoms with van der Waals surface area (Å²) in [4.78, 5) is 31.1. The van der Waals surface area contributed by atoms with Gasteiger partial charge in [0, 0.05) is 17.8 Å². The highest BCUT2D eigenvalue weighted by Crippen LogP contribution is 2.39. The minimum absolute atomic E-state index is 0.123. The third kappa shape index (κ3) is 3.23. The van der Waals surface area contributed by atoms with E-state index in [1.54, 1.807) is 15.7 Å². The van der Waals surface area contributed by atoms with Crippen molar-refractivity contribution >= 4 is 50.6 Å². The summed E-state index contributed by atoms with van der Waals surface area (Å²) < 4.78 is 2.60. The number of carbonyl (C=O) groups is 1. The molecule has 1 N–H and O–H groups in total. The molecule has 9 heteroatoms. The van der Waals surface area contributed by atoms with E-state index in [-0.39, 0.29) is 11.5 Å². The van der Waals surface area contributed by atoms with Crippen LogP contribution >= 0.6 is 39.0 Å². The minimum atomic E-state index is -0.538. The minimum Gasteiger partial charge on any atom is -0.291 e. The molecule has 0 saturated carbocycles. The van der Waals surface area contributed by atoms with Gasteiger partial charge in [-0.2, -0.15) is 0 Å². The molecule has 4 rings (SSSR count). The predicted molar refractivity (Wildman–Crippen MR) is 115 cm³/mol. The molecule has 142 valence electrons. The molecule has 0 unspecified atom stereocenters. The van der Waals surface area contributed by atoms with Crippen LogP contribution in [0.2, 0.25) is 0 Å². The van der Waals surface area contributed by atoms with Gasteiger partial charge >= 0.3 is 17.4 Å². The molecule has 0 spiro atoms. The van der Waals surface area contributed by atoms with Gasteiger partial charge in [-0.1, -0.05) is 30.0 Å². The molecule has 0 radical (unpaired) electrons. The van der Waals surface area contributed by atoms with Crippen molar-refractivity contribution in [2.75, 3.05) is 10.7 Å². The highest BCUT2D eigenvalue weighted by Gasteiger charge is 2.45. The standard InChI is InChI=1S/C19H15BrN4O2S2/c1-3-10-27-19-21-17(26)16-12-6-4-5-7-13(12)23(11(2)25)18(24(16)22-19)14-8-9-15(20)28-14/h3-9,18H,1,10H2,2H3/p+1/t18-/m1/s1. The van der Waals surface area contributed by atoms with E-state index in [2.05, 4.69) is 32.6 Å². The zero-order valence-electron chi connectivity index (χ0n) is 14.9. The summed E-state index contributed by atoms with van der Waals surface area (Å²) in [5.74, 6) is 0.493. The summed E-state index contributed by atoms with van der Waals surface area (Å²) in [5.41, 5.74) is 1.57. The average Bonchev–Trinajstić information content (AvgIpc) is 3.10. The maximum atomic E-state index is 13.0. The number of hydrogen-bond acceptors (Lipinski definition) is 5. The van der Waals surface area contributed by atoms with Crippen LogP contribution in [-0.4, -0.2) is 21.7 Å². The molecule has 28 heavy (non-hydrogen) atoms. The molecule has 0 aliphatic carbocycles. The number of hydrogen-bond donors (Lipinski definition) is 1. The van der Waals surface area contributed by atoms with Crippen LogP contribution in [0.15, 0.2) is 62.8 Å². The van der Waals surface area contributed by atoms with Crippen LogP contribution in [0.4, 0.5) is 5.69 Å². The number of benzene rings is 1. The topological polar surface area (TPSA) is 69.9 Å². The molecule has 3 heterocycles. The van der Waals surface area contributed by atoms with Crippen molar-refractivity contribution in [2.45, 2.75) is 18.2 Å². The fourth-order valence-electron chi connectivity index (χ4n) is 3.24. The molecular formula is C19H16BrN4O2S2+. The Morgan fingerprint density at radius 3 is 2.89 bits per heavy atom. The monoisotopic (exact) mass is 475 g/mol. The van der Waals surface area contributed by atoms with Gasteiger partial charge in [-0.15, -0.1) is 17.9 Å². The van der Waals surface area contributed by atoms with Gasteiger partial charge in [0.15, 0.2) is 0 Å². The number of aromatic amines is 1. The lowest BCUT2D eigenvalue weighted by Crippen LogP contribution is -2.60. The first kappa shape index (κ1) is 19.1. The van der Waals surface area contributed by atoms with Crippen LogP contribution in [-0.2, 0) is 4.79 Å². The van der Waals surface area contributed by atoms with E-state index in [4.69, 9.17) is 0 Å². The summed E-state index contributed by atoms with van der Waals surface area (Å²) >= 11 is 6.39. The smallest absolute Gasteiger partial charge is 0.291 e. The number of carbonyl (C=O) groups excluding carboxylic acids is 1. The average molecular weight is 476 g/mol. The fraction of sp³-hybridized carbons (Fsp3) is 0.158. The van der Waals surface area contributed by atoms with Crippen LogP contribution in [0, 0.1) is 0 Å². The fourth-order valence-corrected chi connectivity index (χ4v) is 5.33. The normalized spacial score (nSPS) is 15.1. The molecular weight excluding hydrogens is 460 g/mol. The lowest BCUT2D eigenvalue weighted by Gasteiger charge is -2.30. The molecule has 0 bridgehead atoms. The number of para-hydroxylation sites is 1. The summed E-state index contributed by atoms with van der Waals surface area (Å²) in [7, 11) is 0. The van der Waals surface area contributed by atoms with Gasteiger partial charge in [0.2, 0.25) is 11.1 Å². The SMILES string of the molecule is C=CCSc1n[n+]2c(c(=O)[nH]1)-c1ccccc1N(C(C)=O)[C@H]2c1ccc(Br)s1. The second kappa shape index (κ2) is 7.65. The van der Waals surface area contributed by atoms with Crippen molar-refractivity contribution in [1.82, 2.24) is 10.1 Å². The zero-order chi connectivity index (χ0) is 19.8. The lowest BCUT2D eigenvalue weighted by molar-refractivity contribution is -0.762. The van der Waals surface area contributed by atoms with E-state index < -0.39 is 6.17 Å². The van der Waals surface area contributed by atoms with Crippen LogP contribution in [0.3, 0.4) is 0 Å². The van der Waals surface area contributed by atoms with E-state index in [9.17, 15) is 9.59 Å². The molecule has 1 amide bonds. The second-order valence-corrected chi connectivity index (χ2v) is 9.58. The number of anilines is 1. The number of rotatable bonds is 4. The molecule has 1 aliphatic heterocycles. The lowest BCUT2D eigenvalue weighted by atomic mass is 10.0. The Balaban J connectivity index is 2.03. The number of thioether (sulfide) groups is 1. The number of H-pyrrole nitrogens is 1. The van der Waals surface area contributed by atoms with Gasteiger partial charge in [-0.25, -0.2) is 4.90 Å². The Bertz CT molecular complexity index is 1140. The van der Waals surface area contributed by atoms with E-state index in [1.165, 1.54) is 30.0 Å². The van der Waals surface area contributed by atoms with Gasteiger partial charge in [0.05, 0.1) is 19.9 Å². The van der Waals surface area contributed by atoms with Crippen molar-refractivity contribution in [2.24, 2.45) is 0 Å². The Kier molecular flexibility index (Phi) is 5.22. The van der Waals surface area contributed by atoms with Crippen molar-refractivity contribution in [3.63, 3.8) is 0 Å². The Morgan fingerprint density at radius 2 is 2.21 bits per heavy atom. The Morgan fingerprint density at radius 1 is 1.43 bits per heavy atom. The summed E-state index contributed by atoms with van der Waals surface area (Å²) in [6.45, 7) is 5.24. The van der Waals surface area contributed by atoms with Gasteiger partial charge in [-0.05, 0) is 44.9 Å². The molecule has 2 aromatic heterocycles. The van der Waals surface area contributed by atoms with E-state index >= 15 is 0 Å². The molecule has 1 aromatic carbocycles. The van der Waals surface area contributed by atoms with Crippen molar-refractivity contribution in [3.05, 3.63) is 68.1 Å². The summed E-state index contributed by atoms with van der Waals surface area (Å²) in [6.07, 6.45) is 1.21. The highest BCUT2D eigenvalue weighted by molar-refractivity contribution is 9.11. The van der Waals surface area contributed by atoms with Crippen LogP contribution in [0.1, 0.15) is 18.0 Å². The van der Waals surface area contributed by atoms with Crippen LogP contribution in [0.25, 0.3) is 11.3 Å².